The van der Waals surface area contributed by atoms with Gasteiger partial charge >= 0.3 is 0 Å². The number of rotatable bonds is 4. The lowest BCUT2D eigenvalue weighted by Gasteiger charge is -2.38. The Morgan fingerprint density at radius 3 is 3.00 bits per heavy atom. The predicted molar refractivity (Wildman–Crippen MR) is 62.7 cm³/mol. The van der Waals surface area contributed by atoms with Gasteiger partial charge in [0.15, 0.2) is 0 Å². The average Bonchev–Trinajstić information content (AvgIpc) is 2.34. The number of amides is 1. The van der Waals surface area contributed by atoms with Crippen LogP contribution in [0.1, 0.15) is 25.7 Å². The lowest BCUT2D eigenvalue weighted by molar-refractivity contribution is -0.136. The Bertz CT molecular complexity index is 273. The maximum absolute atomic E-state index is 11.9. The third kappa shape index (κ3) is 3.22. The number of carbonyl (C=O) groups is 1. The van der Waals surface area contributed by atoms with Crippen LogP contribution in [-0.4, -0.2) is 43.2 Å². The van der Waals surface area contributed by atoms with Crippen molar-refractivity contribution in [3.63, 3.8) is 0 Å². The maximum Gasteiger partial charge on any atom is 0.223 e. The normalized spacial score (nSPS) is 25.2. The van der Waals surface area contributed by atoms with Gasteiger partial charge < -0.3 is 15.4 Å². The van der Waals surface area contributed by atoms with E-state index in [1.54, 1.807) is 7.11 Å². The quantitative estimate of drug-likeness (QED) is 0.702. The van der Waals surface area contributed by atoms with E-state index < -0.39 is 0 Å². The molecule has 0 aliphatic carbocycles. The summed E-state index contributed by atoms with van der Waals surface area (Å²) in [6.07, 6.45) is 8.01. The zero-order valence-electron chi connectivity index (χ0n) is 9.82. The minimum absolute atomic E-state index is 0.101. The predicted octanol–water partition coefficient (Wildman–Crippen LogP) is 0.365. The summed E-state index contributed by atoms with van der Waals surface area (Å²) in [4.78, 5) is 13.7. The zero-order chi connectivity index (χ0) is 12.0. The number of piperidine rings is 1. The second-order valence-corrected chi connectivity index (χ2v) is 4.06. The number of terminal acetylenes is 1. The van der Waals surface area contributed by atoms with Crippen LogP contribution in [0.25, 0.3) is 0 Å². The highest BCUT2D eigenvalue weighted by Gasteiger charge is 2.30. The third-order valence-electron chi connectivity index (χ3n) is 3.08. The van der Waals surface area contributed by atoms with Crippen molar-refractivity contribution >= 4 is 5.91 Å². The largest absolute Gasteiger partial charge is 0.381 e. The molecular formula is C12H20N2O2. The Hall–Kier alpha value is -1.05. The third-order valence-corrected chi connectivity index (χ3v) is 3.08. The summed E-state index contributed by atoms with van der Waals surface area (Å²) in [6, 6.07) is 0.101. The first-order chi connectivity index (χ1) is 7.72. The van der Waals surface area contributed by atoms with E-state index in [1.165, 1.54) is 0 Å². The molecule has 0 saturated carbocycles. The van der Waals surface area contributed by atoms with E-state index in [4.69, 9.17) is 16.9 Å². The number of likely N-dealkylation sites (tertiary alicyclic amines) is 1. The van der Waals surface area contributed by atoms with Gasteiger partial charge in [0.2, 0.25) is 5.91 Å². The van der Waals surface area contributed by atoms with E-state index in [9.17, 15) is 4.79 Å². The Morgan fingerprint density at radius 1 is 1.69 bits per heavy atom. The van der Waals surface area contributed by atoms with Crippen molar-refractivity contribution in [2.45, 2.75) is 37.8 Å². The molecule has 0 aromatic rings. The highest BCUT2D eigenvalue weighted by Crippen LogP contribution is 2.20. The second-order valence-electron chi connectivity index (χ2n) is 4.06. The molecular weight excluding hydrogens is 204 g/mol. The van der Waals surface area contributed by atoms with Crippen LogP contribution in [0.5, 0.6) is 0 Å². The van der Waals surface area contributed by atoms with Crippen molar-refractivity contribution in [1.82, 2.24) is 4.90 Å². The van der Waals surface area contributed by atoms with Crippen LogP contribution in [0.3, 0.4) is 0 Å². The van der Waals surface area contributed by atoms with Crippen molar-refractivity contribution < 1.29 is 9.53 Å². The van der Waals surface area contributed by atoms with Crippen LogP contribution < -0.4 is 5.73 Å². The van der Waals surface area contributed by atoms with Gasteiger partial charge in [0.1, 0.15) is 0 Å². The monoisotopic (exact) mass is 224 g/mol. The molecule has 1 heterocycles. The van der Waals surface area contributed by atoms with Gasteiger partial charge in [0.25, 0.3) is 0 Å². The van der Waals surface area contributed by atoms with Crippen molar-refractivity contribution in [3.05, 3.63) is 0 Å². The molecule has 1 aliphatic heterocycles. The number of ether oxygens (including phenoxy) is 1. The maximum atomic E-state index is 11.9. The van der Waals surface area contributed by atoms with E-state index in [-0.39, 0.29) is 18.1 Å². The topological polar surface area (TPSA) is 55.6 Å². The lowest BCUT2D eigenvalue weighted by Crippen LogP contribution is -2.51. The summed E-state index contributed by atoms with van der Waals surface area (Å²) >= 11 is 0. The van der Waals surface area contributed by atoms with E-state index in [0.29, 0.717) is 19.4 Å². The Morgan fingerprint density at radius 2 is 2.44 bits per heavy atom. The number of nitrogens with two attached hydrogens (primary N) is 1. The van der Waals surface area contributed by atoms with Crippen LogP contribution >= 0.6 is 0 Å². The second kappa shape index (κ2) is 6.51. The first-order valence-electron chi connectivity index (χ1n) is 5.68. The molecule has 0 radical (unpaired) electrons. The molecule has 1 fully saturated rings. The minimum atomic E-state index is 0.101. The van der Waals surface area contributed by atoms with Crippen LogP contribution in [0.4, 0.5) is 0 Å². The van der Waals surface area contributed by atoms with Crippen LogP contribution in [0, 0.1) is 12.3 Å². The molecule has 4 heteroatoms. The fraction of sp³-hybridized carbons (Fsp3) is 0.750. The van der Waals surface area contributed by atoms with Crippen LogP contribution in [0.15, 0.2) is 0 Å². The van der Waals surface area contributed by atoms with E-state index in [2.05, 4.69) is 5.92 Å². The number of methoxy groups -OCH3 is 1. The Kier molecular flexibility index (Phi) is 5.30. The Balaban J connectivity index is 2.53. The van der Waals surface area contributed by atoms with Gasteiger partial charge in [-0.2, -0.15) is 0 Å². The number of carbonyl (C=O) groups excluding carboxylic acids is 1. The average molecular weight is 224 g/mol. The molecule has 1 rings (SSSR count). The highest BCUT2D eigenvalue weighted by molar-refractivity contribution is 5.77. The van der Waals surface area contributed by atoms with Gasteiger partial charge in [-0.05, 0) is 12.8 Å². The lowest BCUT2D eigenvalue weighted by atomic mass is 9.98. The summed E-state index contributed by atoms with van der Waals surface area (Å²) in [6.45, 7) is 1.21. The summed E-state index contributed by atoms with van der Waals surface area (Å²) < 4.78 is 5.31. The minimum Gasteiger partial charge on any atom is -0.381 e. The molecule has 2 N–H and O–H groups in total. The molecule has 1 saturated heterocycles. The van der Waals surface area contributed by atoms with E-state index in [0.717, 1.165) is 19.4 Å². The van der Waals surface area contributed by atoms with Crippen LogP contribution in [0.2, 0.25) is 0 Å². The molecule has 0 aromatic heterocycles. The first kappa shape index (κ1) is 13.0. The van der Waals surface area contributed by atoms with Crippen molar-refractivity contribution in [3.8, 4) is 12.3 Å². The molecule has 1 amide bonds. The van der Waals surface area contributed by atoms with Gasteiger partial charge in [-0.25, -0.2) is 0 Å². The molecule has 16 heavy (non-hydrogen) atoms. The molecule has 0 spiro atoms. The SMILES string of the molecule is C#CCCC(=O)N1CCC(OC)CC1CN. The van der Waals surface area contributed by atoms with E-state index >= 15 is 0 Å². The number of hydrogen-bond donors (Lipinski definition) is 1. The van der Waals surface area contributed by atoms with Gasteiger partial charge in [-0.1, -0.05) is 0 Å². The summed E-state index contributed by atoms with van der Waals surface area (Å²) in [7, 11) is 1.70. The van der Waals surface area contributed by atoms with E-state index in [1.807, 2.05) is 4.90 Å². The summed E-state index contributed by atoms with van der Waals surface area (Å²) in [5, 5.41) is 0. The van der Waals surface area contributed by atoms with Gasteiger partial charge in [-0.3, -0.25) is 4.79 Å². The smallest absolute Gasteiger partial charge is 0.223 e. The van der Waals surface area contributed by atoms with Gasteiger partial charge in [0.05, 0.1) is 6.10 Å². The molecule has 1 aliphatic rings. The van der Waals surface area contributed by atoms with Crippen LogP contribution in [-0.2, 0) is 9.53 Å². The fourth-order valence-corrected chi connectivity index (χ4v) is 2.10. The first-order valence-corrected chi connectivity index (χ1v) is 5.68. The van der Waals surface area contributed by atoms with Gasteiger partial charge in [0, 0.05) is 39.1 Å². The number of nitrogens with zero attached hydrogens (tertiary/aromatic N) is 1. The molecule has 0 bridgehead atoms. The standard InChI is InChI=1S/C12H20N2O2/c1-3-4-5-12(15)14-7-6-11(16-2)8-10(14)9-13/h1,10-11H,4-9,13H2,2H3. The number of hydrogen-bond acceptors (Lipinski definition) is 3. The Labute approximate surface area is 97.1 Å². The highest BCUT2D eigenvalue weighted by atomic mass is 16.5. The molecule has 2 atom stereocenters. The van der Waals surface area contributed by atoms with Crippen molar-refractivity contribution in [2.75, 3.05) is 20.2 Å². The molecule has 0 aromatic carbocycles. The van der Waals surface area contributed by atoms with Crippen molar-refractivity contribution in [2.24, 2.45) is 5.73 Å². The summed E-state index contributed by atoms with van der Waals surface area (Å²) in [5.74, 6) is 2.60. The fourth-order valence-electron chi connectivity index (χ4n) is 2.10. The molecule has 90 valence electrons. The summed E-state index contributed by atoms with van der Waals surface area (Å²) in [5.41, 5.74) is 5.69. The molecule has 4 nitrogen and oxygen atoms in total. The molecule has 2 unspecified atom stereocenters. The van der Waals surface area contributed by atoms with Gasteiger partial charge in [-0.15, -0.1) is 12.3 Å². The van der Waals surface area contributed by atoms with Crippen molar-refractivity contribution in [1.29, 1.82) is 0 Å². The zero-order valence-corrected chi connectivity index (χ0v) is 9.82.